The number of benzene rings is 1. The van der Waals surface area contributed by atoms with Gasteiger partial charge in [0, 0.05) is 0 Å². The van der Waals surface area contributed by atoms with Crippen LogP contribution in [0.15, 0.2) is 30.3 Å². The van der Waals surface area contributed by atoms with E-state index in [1.54, 1.807) is 0 Å². The Morgan fingerprint density at radius 2 is 1.45 bits per heavy atom. The molecule has 0 aliphatic rings. The lowest BCUT2D eigenvalue weighted by Gasteiger charge is -2.25. The van der Waals surface area contributed by atoms with Crippen LogP contribution in [0.1, 0.15) is 72.1 Å². The van der Waals surface area contributed by atoms with E-state index in [1.807, 2.05) is 30.3 Å². The molecule has 0 fully saturated rings. The number of rotatable bonds is 13. The molecule has 0 aliphatic heterocycles. The molecule has 0 spiro atoms. The van der Waals surface area contributed by atoms with Crippen molar-refractivity contribution in [1.82, 2.24) is 0 Å². The van der Waals surface area contributed by atoms with Gasteiger partial charge in [-0.15, -0.1) is 0 Å². The summed E-state index contributed by atoms with van der Waals surface area (Å²) in [6.45, 7) is 7.91. The third-order valence-corrected chi connectivity index (χ3v) is 3.97. The van der Waals surface area contributed by atoms with Crippen LogP contribution < -0.4 is 4.74 Å². The van der Waals surface area contributed by atoms with Crippen LogP contribution in [0.4, 0.5) is 0 Å². The normalized spacial score (nSPS) is 11.6. The highest BCUT2D eigenvalue weighted by atomic mass is 16.5. The first kappa shape index (κ1) is 19.0. The van der Waals surface area contributed by atoms with Crippen LogP contribution in [0.25, 0.3) is 0 Å². The Labute approximate surface area is 137 Å². The van der Waals surface area contributed by atoms with E-state index < -0.39 is 0 Å². The highest BCUT2D eigenvalue weighted by molar-refractivity contribution is 5.20. The third kappa shape index (κ3) is 9.83. The van der Waals surface area contributed by atoms with E-state index >= 15 is 0 Å². The van der Waals surface area contributed by atoms with Gasteiger partial charge in [-0.2, -0.15) is 0 Å². The highest BCUT2D eigenvalue weighted by Crippen LogP contribution is 2.19. The Kier molecular flexibility index (Phi) is 9.98. The van der Waals surface area contributed by atoms with Crippen LogP contribution in [-0.4, -0.2) is 18.8 Å². The predicted octanol–water partition coefficient (Wildman–Crippen LogP) is 6.00. The van der Waals surface area contributed by atoms with Gasteiger partial charge in [-0.05, 0) is 32.4 Å². The Morgan fingerprint density at radius 3 is 2.14 bits per heavy atom. The monoisotopic (exact) mass is 306 g/mol. The molecule has 1 aromatic rings. The molecule has 0 aliphatic carbocycles. The zero-order chi connectivity index (χ0) is 16.1. The van der Waals surface area contributed by atoms with Gasteiger partial charge in [0.2, 0.25) is 0 Å². The first-order valence-electron chi connectivity index (χ1n) is 8.96. The van der Waals surface area contributed by atoms with Crippen LogP contribution in [0.2, 0.25) is 0 Å². The zero-order valence-electron chi connectivity index (χ0n) is 14.8. The number of ether oxygens (including phenoxy) is 2. The molecule has 0 saturated carbocycles. The van der Waals surface area contributed by atoms with E-state index in [-0.39, 0.29) is 5.60 Å². The lowest BCUT2D eigenvalue weighted by atomic mass is 9.99. The Bertz CT molecular complexity index is 359. The van der Waals surface area contributed by atoms with Gasteiger partial charge in [-0.3, -0.25) is 0 Å². The van der Waals surface area contributed by atoms with E-state index in [4.69, 9.17) is 9.47 Å². The maximum atomic E-state index is 5.97. The second-order valence-electron chi connectivity index (χ2n) is 6.64. The summed E-state index contributed by atoms with van der Waals surface area (Å²) in [4.78, 5) is 0. The summed E-state index contributed by atoms with van der Waals surface area (Å²) in [5.74, 6) is 0.913. The van der Waals surface area contributed by atoms with E-state index in [1.165, 1.54) is 44.9 Å². The fraction of sp³-hybridized carbons (Fsp3) is 0.700. The molecule has 2 heteroatoms. The van der Waals surface area contributed by atoms with Gasteiger partial charge in [0.05, 0.1) is 12.2 Å². The Hall–Kier alpha value is -1.02. The van der Waals surface area contributed by atoms with E-state index in [0.717, 1.165) is 12.2 Å². The second kappa shape index (κ2) is 11.5. The summed E-state index contributed by atoms with van der Waals surface area (Å²) < 4.78 is 11.6. The van der Waals surface area contributed by atoms with Crippen LogP contribution in [0.3, 0.4) is 0 Å². The minimum absolute atomic E-state index is 0.0382. The smallest absolute Gasteiger partial charge is 0.119 e. The van der Waals surface area contributed by atoms with Crippen molar-refractivity contribution in [3.8, 4) is 5.75 Å². The first-order chi connectivity index (χ1) is 10.6. The molecule has 0 amide bonds. The van der Waals surface area contributed by atoms with Crippen molar-refractivity contribution in [1.29, 1.82) is 0 Å². The molecule has 2 nitrogen and oxygen atoms in total. The lowest BCUT2D eigenvalue weighted by Crippen LogP contribution is -2.26. The molecule has 0 saturated heterocycles. The SMILES string of the molecule is CCCCCCCCCC(C)(C)OCCOc1ccccc1. The van der Waals surface area contributed by atoms with Crippen LogP contribution in [0, 0.1) is 0 Å². The summed E-state index contributed by atoms with van der Waals surface area (Å²) in [7, 11) is 0. The quantitative estimate of drug-likeness (QED) is 0.416. The molecule has 1 rings (SSSR count). The van der Waals surface area contributed by atoms with E-state index in [0.29, 0.717) is 13.2 Å². The Balaban J connectivity index is 2.01. The molecule has 0 bridgehead atoms. The summed E-state index contributed by atoms with van der Waals surface area (Å²) in [5, 5.41) is 0. The summed E-state index contributed by atoms with van der Waals surface area (Å²) in [6, 6.07) is 9.92. The fourth-order valence-corrected chi connectivity index (χ4v) is 2.57. The number of para-hydroxylation sites is 1. The van der Waals surface area contributed by atoms with Crippen molar-refractivity contribution in [2.24, 2.45) is 0 Å². The van der Waals surface area contributed by atoms with Crippen LogP contribution in [0.5, 0.6) is 5.75 Å². The van der Waals surface area contributed by atoms with Crippen LogP contribution >= 0.6 is 0 Å². The van der Waals surface area contributed by atoms with Gasteiger partial charge in [-0.1, -0.05) is 70.1 Å². The molecule has 126 valence electrons. The van der Waals surface area contributed by atoms with Crippen molar-refractivity contribution in [3.05, 3.63) is 30.3 Å². The van der Waals surface area contributed by atoms with Crippen molar-refractivity contribution >= 4 is 0 Å². The number of unbranched alkanes of at least 4 members (excludes halogenated alkanes) is 6. The summed E-state index contributed by atoms with van der Waals surface area (Å²) in [5.41, 5.74) is -0.0382. The maximum Gasteiger partial charge on any atom is 0.119 e. The molecule has 0 heterocycles. The third-order valence-electron chi connectivity index (χ3n) is 3.97. The lowest BCUT2D eigenvalue weighted by molar-refractivity contribution is -0.0362. The molecule has 0 unspecified atom stereocenters. The maximum absolute atomic E-state index is 5.97. The molecule has 22 heavy (non-hydrogen) atoms. The van der Waals surface area contributed by atoms with Gasteiger partial charge < -0.3 is 9.47 Å². The molecular formula is C20H34O2. The molecule has 0 N–H and O–H groups in total. The average Bonchev–Trinajstić information content (AvgIpc) is 2.52. The van der Waals surface area contributed by atoms with Gasteiger partial charge in [-0.25, -0.2) is 0 Å². The van der Waals surface area contributed by atoms with E-state index in [2.05, 4.69) is 20.8 Å². The van der Waals surface area contributed by atoms with Gasteiger partial charge in [0.25, 0.3) is 0 Å². The molecule has 0 aromatic heterocycles. The molecule has 1 aromatic carbocycles. The zero-order valence-corrected chi connectivity index (χ0v) is 14.8. The number of hydrogen-bond donors (Lipinski definition) is 0. The van der Waals surface area contributed by atoms with Gasteiger partial charge in [0.1, 0.15) is 12.4 Å². The summed E-state index contributed by atoms with van der Waals surface area (Å²) >= 11 is 0. The Morgan fingerprint density at radius 1 is 0.818 bits per heavy atom. The molecule has 0 atom stereocenters. The van der Waals surface area contributed by atoms with Gasteiger partial charge in [0.15, 0.2) is 0 Å². The second-order valence-corrected chi connectivity index (χ2v) is 6.64. The largest absolute Gasteiger partial charge is 0.491 e. The topological polar surface area (TPSA) is 18.5 Å². The van der Waals surface area contributed by atoms with Crippen molar-refractivity contribution < 1.29 is 9.47 Å². The predicted molar refractivity (Wildman–Crippen MR) is 94.6 cm³/mol. The minimum Gasteiger partial charge on any atom is -0.491 e. The van der Waals surface area contributed by atoms with E-state index in [9.17, 15) is 0 Å². The summed E-state index contributed by atoms with van der Waals surface area (Å²) in [6.07, 6.45) is 10.6. The first-order valence-corrected chi connectivity index (χ1v) is 8.96. The fourth-order valence-electron chi connectivity index (χ4n) is 2.57. The highest BCUT2D eigenvalue weighted by Gasteiger charge is 2.17. The van der Waals surface area contributed by atoms with Gasteiger partial charge >= 0.3 is 0 Å². The number of hydrogen-bond acceptors (Lipinski definition) is 2. The average molecular weight is 306 g/mol. The van der Waals surface area contributed by atoms with Crippen molar-refractivity contribution in [2.75, 3.05) is 13.2 Å². The van der Waals surface area contributed by atoms with Crippen molar-refractivity contribution in [3.63, 3.8) is 0 Å². The molecular weight excluding hydrogens is 272 g/mol. The molecule has 0 radical (unpaired) electrons. The van der Waals surface area contributed by atoms with Crippen LogP contribution in [-0.2, 0) is 4.74 Å². The minimum atomic E-state index is -0.0382. The standard InChI is InChI=1S/C20H34O2/c1-4-5-6-7-8-9-13-16-20(2,3)22-18-17-21-19-14-11-10-12-15-19/h10-12,14-15H,4-9,13,16-18H2,1-3H3. The van der Waals surface area contributed by atoms with Crippen molar-refractivity contribution in [2.45, 2.75) is 77.7 Å².